The summed E-state index contributed by atoms with van der Waals surface area (Å²) in [4.78, 5) is 0. The first kappa shape index (κ1) is 16.8. The monoisotopic (exact) mass is 316 g/mol. The molecule has 0 aliphatic rings. The molecule has 0 bridgehead atoms. The van der Waals surface area contributed by atoms with Crippen molar-refractivity contribution in [2.45, 2.75) is 25.2 Å². The molecule has 0 fully saturated rings. The van der Waals surface area contributed by atoms with E-state index in [1.165, 1.54) is 24.0 Å². The third kappa shape index (κ3) is 4.01. The van der Waals surface area contributed by atoms with Crippen molar-refractivity contribution >= 4 is 9.24 Å². The van der Waals surface area contributed by atoms with Gasteiger partial charge in [-0.25, -0.2) is 0 Å². The number of benzene rings is 2. The Balaban J connectivity index is 2.42. The van der Waals surface area contributed by atoms with Crippen LogP contribution in [0.15, 0.2) is 48.5 Å². The number of para-hydroxylation sites is 2. The smallest absolute Gasteiger partial charge is 0.122 e. The van der Waals surface area contributed by atoms with Crippen molar-refractivity contribution < 1.29 is 9.47 Å². The fourth-order valence-electron chi connectivity index (χ4n) is 2.88. The Kier molecular flexibility index (Phi) is 6.74. The molecule has 2 nitrogen and oxygen atoms in total. The average molecular weight is 316 g/mol. The third-order valence-corrected chi connectivity index (χ3v) is 4.38. The molecule has 0 heterocycles. The number of methoxy groups -OCH3 is 2. The van der Waals surface area contributed by atoms with E-state index in [0.29, 0.717) is 5.92 Å². The first-order chi connectivity index (χ1) is 10.8. The van der Waals surface area contributed by atoms with E-state index in [1.807, 2.05) is 24.3 Å². The van der Waals surface area contributed by atoms with Crippen LogP contribution in [0.4, 0.5) is 0 Å². The highest BCUT2D eigenvalue weighted by Crippen LogP contribution is 2.39. The van der Waals surface area contributed by atoms with E-state index in [4.69, 9.17) is 9.47 Å². The summed E-state index contributed by atoms with van der Waals surface area (Å²) < 4.78 is 11.2. The summed E-state index contributed by atoms with van der Waals surface area (Å²) in [5.41, 5.74) is 2.47. The van der Waals surface area contributed by atoms with E-state index in [1.54, 1.807) is 14.2 Å². The van der Waals surface area contributed by atoms with Gasteiger partial charge in [-0.1, -0.05) is 42.8 Å². The van der Waals surface area contributed by atoms with Crippen LogP contribution in [0.25, 0.3) is 0 Å². The van der Waals surface area contributed by atoms with Crippen LogP contribution in [0.5, 0.6) is 11.5 Å². The van der Waals surface area contributed by atoms with Gasteiger partial charge in [-0.05, 0) is 31.1 Å². The van der Waals surface area contributed by atoms with Crippen LogP contribution in [-0.2, 0) is 0 Å². The lowest BCUT2D eigenvalue weighted by molar-refractivity contribution is 0.397. The van der Waals surface area contributed by atoms with E-state index in [-0.39, 0.29) is 0 Å². The number of hydrogen-bond donors (Lipinski definition) is 0. The van der Waals surface area contributed by atoms with Gasteiger partial charge in [-0.2, -0.15) is 0 Å². The zero-order chi connectivity index (χ0) is 15.8. The first-order valence-corrected chi connectivity index (χ1v) is 8.59. The molecule has 1 unspecified atom stereocenters. The highest BCUT2D eigenvalue weighted by atomic mass is 31.0. The second kappa shape index (κ2) is 8.80. The molecule has 0 saturated carbocycles. The van der Waals surface area contributed by atoms with Gasteiger partial charge < -0.3 is 9.47 Å². The summed E-state index contributed by atoms with van der Waals surface area (Å²) in [7, 11) is 6.28. The van der Waals surface area contributed by atoms with Crippen LogP contribution in [0, 0.1) is 0 Å². The molecule has 22 heavy (non-hydrogen) atoms. The quantitative estimate of drug-likeness (QED) is 0.510. The fraction of sp³-hybridized carbons (Fsp3) is 0.368. The van der Waals surface area contributed by atoms with E-state index < -0.39 is 0 Å². The van der Waals surface area contributed by atoms with E-state index in [9.17, 15) is 0 Å². The Hall–Kier alpha value is -1.53. The van der Waals surface area contributed by atoms with Crippen LogP contribution < -0.4 is 9.47 Å². The van der Waals surface area contributed by atoms with Gasteiger partial charge in [-0.3, -0.25) is 0 Å². The maximum Gasteiger partial charge on any atom is 0.122 e. The van der Waals surface area contributed by atoms with Gasteiger partial charge in [0.15, 0.2) is 0 Å². The molecule has 0 aliphatic heterocycles. The Morgan fingerprint density at radius 1 is 0.818 bits per heavy atom. The standard InChI is InChI=1S/C19H25O2P/c1-20-18-12-5-3-10-16(18)15(9-7-8-14-22)17-11-4-6-13-19(17)21-2/h3-6,10-13,15H,7-9,14,22H2,1-2H3. The molecule has 0 N–H and O–H groups in total. The Morgan fingerprint density at radius 2 is 1.32 bits per heavy atom. The van der Waals surface area contributed by atoms with E-state index in [0.717, 1.165) is 24.1 Å². The van der Waals surface area contributed by atoms with Gasteiger partial charge in [-0.15, -0.1) is 9.24 Å². The molecule has 0 aliphatic carbocycles. The summed E-state index contributed by atoms with van der Waals surface area (Å²) in [6.45, 7) is 0. The maximum absolute atomic E-state index is 5.58. The second-order valence-corrected chi connectivity index (χ2v) is 5.90. The molecule has 2 aromatic rings. The minimum Gasteiger partial charge on any atom is -0.496 e. The van der Waals surface area contributed by atoms with Crippen molar-refractivity contribution in [3.8, 4) is 11.5 Å². The molecule has 0 saturated heterocycles. The molecular formula is C19H25O2P. The van der Waals surface area contributed by atoms with E-state index in [2.05, 4.69) is 33.5 Å². The van der Waals surface area contributed by atoms with Crippen molar-refractivity contribution in [1.29, 1.82) is 0 Å². The zero-order valence-electron chi connectivity index (χ0n) is 13.4. The first-order valence-electron chi connectivity index (χ1n) is 7.77. The largest absolute Gasteiger partial charge is 0.496 e. The zero-order valence-corrected chi connectivity index (χ0v) is 14.6. The molecule has 0 amide bonds. The molecule has 3 heteroatoms. The van der Waals surface area contributed by atoms with Crippen molar-refractivity contribution in [3.63, 3.8) is 0 Å². The van der Waals surface area contributed by atoms with Gasteiger partial charge in [0, 0.05) is 17.0 Å². The molecule has 0 spiro atoms. The lowest BCUT2D eigenvalue weighted by atomic mass is 9.86. The number of ether oxygens (including phenoxy) is 2. The number of hydrogen-bond acceptors (Lipinski definition) is 2. The number of unbranched alkanes of at least 4 members (excludes halogenated alkanes) is 1. The molecule has 0 radical (unpaired) electrons. The molecule has 0 aromatic heterocycles. The highest BCUT2D eigenvalue weighted by Gasteiger charge is 2.20. The lowest BCUT2D eigenvalue weighted by Gasteiger charge is -2.22. The fourth-order valence-corrected chi connectivity index (χ4v) is 3.17. The minimum absolute atomic E-state index is 0.295. The highest BCUT2D eigenvalue weighted by molar-refractivity contribution is 7.16. The van der Waals surface area contributed by atoms with Crippen molar-refractivity contribution in [2.75, 3.05) is 20.4 Å². The molecule has 118 valence electrons. The predicted molar refractivity (Wildman–Crippen MR) is 96.3 cm³/mol. The SMILES string of the molecule is COc1ccccc1C(CCCCP)c1ccccc1OC. The van der Waals surface area contributed by atoms with Crippen LogP contribution in [0.2, 0.25) is 0 Å². The normalized spacial score (nSPS) is 10.7. The van der Waals surface area contributed by atoms with Gasteiger partial charge in [0.05, 0.1) is 14.2 Å². The average Bonchev–Trinajstić information content (AvgIpc) is 2.59. The van der Waals surface area contributed by atoms with E-state index >= 15 is 0 Å². The molecular weight excluding hydrogens is 291 g/mol. The lowest BCUT2D eigenvalue weighted by Crippen LogP contribution is -2.06. The van der Waals surface area contributed by atoms with Gasteiger partial charge in [0.2, 0.25) is 0 Å². The van der Waals surface area contributed by atoms with Gasteiger partial charge >= 0.3 is 0 Å². The summed E-state index contributed by atoms with van der Waals surface area (Å²) >= 11 is 0. The van der Waals surface area contributed by atoms with Crippen molar-refractivity contribution in [1.82, 2.24) is 0 Å². The van der Waals surface area contributed by atoms with Crippen LogP contribution in [0.1, 0.15) is 36.3 Å². The van der Waals surface area contributed by atoms with Crippen molar-refractivity contribution in [2.24, 2.45) is 0 Å². The van der Waals surface area contributed by atoms with Crippen LogP contribution in [0.3, 0.4) is 0 Å². The summed E-state index contributed by atoms with van der Waals surface area (Å²) in [5, 5.41) is 0. The van der Waals surface area contributed by atoms with Crippen LogP contribution >= 0.6 is 9.24 Å². The maximum atomic E-state index is 5.58. The second-order valence-electron chi connectivity index (χ2n) is 5.32. The van der Waals surface area contributed by atoms with Crippen molar-refractivity contribution in [3.05, 3.63) is 59.7 Å². The Bertz CT molecular complexity index is 536. The Morgan fingerprint density at radius 3 is 1.77 bits per heavy atom. The predicted octanol–water partition coefficient (Wildman–Crippen LogP) is 4.88. The molecule has 2 aromatic carbocycles. The summed E-state index contributed by atoms with van der Waals surface area (Å²) in [6.07, 6.45) is 4.63. The minimum atomic E-state index is 0.295. The third-order valence-electron chi connectivity index (χ3n) is 3.98. The van der Waals surface area contributed by atoms with Gasteiger partial charge in [0.1, 0.15) is 11.5 Å². The molecule has 1 atom stereocenters. The van der Waals surface area contributed by atoms with Crippen LogP contribution in [-0.4, -0.2) is 20.4 Å². The summed E-state index contributed by atoms with van der Waals surface area (Å²) in [6, 6.07) is 16.6. The number of rotatable bonds is 8. The topological polar surface area (TPSA) is 18.5 Å². The molecule has 2 rings (SSSR count). The summed E-state index contributed by atoms with van der Waals surface area (Å²) in [5.74, 6) is 2.19. The Labute approximate surface area is 136 Å². The van der Waals surface area contributed by atoms with Gasteiger partial charge in [0.25, 0.3) is 0 Å².